The van der Waals surface area contributed by atoms with Gasteiger partial charge in [-0.2, -0.15) is 0 Å². The number of aromatic nitrogens is 3. The molecule has 6 nitrogen and oxygen atoms in total. The van der Waals surface area contributed by atoms with Gasteiger partial charge in [-0.3, -0.25) is 0 Å². The zero-order valence-corrected chi connectivity index (χ0v) is 13.9. The first kappa shape index (κ1) is 15.8. The molecule has 0 radical (unpaired) electrons. The van der Waals surface area contributed by atoms with E-state index in [-0.39, 0.29) is 5.56 Å². The molecule has 0 aliphatic carbocycles. The van der Waals surface area contributed by atoms with Crippen molar-refractivity contribution in [3.8, 4) is 17.5 Å². The Bertz CT molecular complexity index is 1050. The van der Waals surface area contributed by atoms with E-state index in [9.17, 15) is 9.90 Å². The molecule has 3 heterocycles. The lowest BCUT2D eigenvalue weighted by Gasteiger charge is -2.15. The van der Waals surface area contributed by atoms with Crippen LogP contribution in [0.15, 0.2) is 60.8 Å². The Hall–Kier alpha value is -3.72. The van der Waals surface area contributed by atoms with Crippen LogP contribution in [0.2, 0.25) is 0 Å². The first-order valence-electron chi connectivity index (χ1n) is 8.17. The average molecular weight is 344 g/mol. The van der Waals surface area contributed by atoms with Crippen molar-refractivity contribution >= 4 is 12.2 Å². The lowest BCUT2D eigenvalue weighted by Crippen LogP contribution is -2.20. The highest BCUT2D eigenvalue weighted by Crippen LogP contribution is 2.20. The second-order valence-electron chi connectivity index (χ2n) is 5.83. The summed E-state index contributed by atoms with van der Waals surface area (Å²) in [5.74, 6) is 6.26. The first-order chi connectivity index (χ1) is 12.7. The molecule has 4 rings (SSSR count). The van der Waals surface area contributed by atoms with Gasteiger partial charge in [0.15, 0.2) is 0 Å². The number of aromatic carboxylic acids is 1. The molecule has 1 aliphatic heterocycles. The Morgan fingerprint density at radius 2 is 2.08 bits per heavy atom. The van der Waals surface area contributed by atoms with E-state index in [0.717, 1.165) is 11.5 Å². The number of carboxylic acid groups (broad SMARTS) is 1. The molecule has 0 saturated heterocycles. The molecule has 0 fully saturated rings. The highest BCUT2D eigenvalue weighted by atomic mass is 16.4. The van der Waals surface area contributed by atoms with E-state index in [1.54, 1.807) is 22.9 Å². The zero-order chi connectivity index (χ0) is 17.9. The van der Waals surface area contributed by atoms with E-state index in [4.69, 9.17) is 0 Å². The number of allylic oxidation sites excluding steroid dienone is 1. The van der Waals surface area contributed by atoms with Crippen molar-refractivity contribution < 1.29 is 9.90 Å². The zero-order valence-electron chi connectivity index (χ0n) is 13.9. The second-order valence-corrected chi connectivity index (χ2v) is 5.83. The van der Waals surface area contributed by atoms with Crippen LogP contribution in [0, 0.1) is 11.8 Å². The standard InChI is InChI=1S/C20H16N4O2/c25-20(26)17-8-4-6-15(19(17)23-10-1-2-11-23)5-3-7-16-14-24-12-9-21-18(24)13-22-16/h1-2,4,6,8-12,14,22H,7,13H2,(H,25,26). The maximum atomic E-state index is 11.6. The number of para-hydroxylation sites is 1. The van der Waals surface area contributed by atoms with Crippen LogP contribution >= 0.6 is 0 Å². The molecule has 2 N–H and O–H groups in total. The second kappa shape index (κ2) is 6.65. The van der Waals surface area contributed by atoms with Gasteiger partial charge >= 0.3 is 5.97 Å². The molecular formula is C20H16N4O2. The van der Waals surface area contributed by atoms with Gasteiger partial charge in [0.05, 0.1) is 24.2 Å². The highest BCUT2D eigenvalue weighted by Gasteiger charge is 2.14. The highest BCUT2D eigenvalue weighted by molar-refractivity contribution is 5.93. The molecule has 3 aromatic rings. The van der Waals surface area contributed by atoms with Gasteiger partial charge in [0.2, 0.25) is 0 Å². The number of carboxylic acids is 1. The van der Waals surface area contributed by atoms with Gasteiger partial charge in [0.25, 0.3) is 0 Å². The molecule has 0 atom stereocenters. The maximum Gasteiger partial charge on any atom is 0.337 e. The number of carbonyl (C=O) groups is 1. The smallest absolute Gasteiger partial charge is 0.337 e. The molecular weight excluding hydrogens is 328 g/mol. The van der Waals surface area contributed by atoms with E-state index < -0.39 is 5.97 Å². The van der Waals surface area contributed by atoms with Gasteiger partial charge < -0.3 is 19.6 Å². The van der Waals surface area contributed by atoms with Crippen molar-refractivity contribution in [2.24, 2.45) is 0 Å². The van der Waals surface area contributed by atoms with Crippen LogP contribution in [0.25, 0.3) is 11.9 Å². The van der Waals surface area contributed by atoms with Crippen molar-refractivity contribution in [2.45, 2.75) is 13.0 Å². The number of benzene rings is 1. The number of imidazole rings is 1. The van der Waals surface area contributed by atoms with Crippen molar-refractivity contribution in [1.82, 2.24) is 19.4 Å². The number of hydrogen-bond donors (Lipinski definition) is 2. The van der Waals surface area contributed by atoms with Gasteiger partial charge in [0, 0.05) is 42.2 Å². The molecule has 0 spiro atoms. The predicted molar refractivity (Wildman–Crippen MR) is 97.6 cm³/mol. The minimum absolute atomic E-state index is 0.228. The minimum atomic E-state index is -0.971. The Morgan fingerprint density at radius 3 is 2.88 bits per heavy atom. The molecule has 128 valence electrons. The summed E-state index contributed by atoms with van der Waals surface area (Å²) >= 11 is 0. The third-order valence-corrected chi connectivity index (χ3v) is 4.15. The largest absolute Gasteiger partial charge is 0.478 e. The molecule has 6 heteroatoms. The predicted octanol–water partition coefficient (Wildman–Crippen LogP) is 2.72. The summed E-state index contributed by atoms with van der Waals surface area (Å²) in [6, 6.07) is 8.86. The summed E-state index contributed by atoms with van der Waals surface area (Å²) in [7, 11) is 0. The van der Waals surface area contributed by atoms with E-state index in [1.807, 2.05) is 47.6 Å². The van der Waals surface area contributed by atoms with Gasteiger partial charge in [-0.25, -0.2) is 9.78 Å². The van der Waals surface area contributed by atoms with Gasteiger partial charge in [-0.05, 0) is 24.3 Å². The fourth-order valence-corrected chi connectivity index (χ4v) is 2.93. The topological polar surface area (TPSA) is 72.1 Å². The lowest BCUT2D eigenvalue weighted by atomic mass is 10.1. The van der Waals surface area contributed by atoms with Crippen molar-refractivity contribution in [1.29, 1.82) is 0 Å². The summed E-state index contributed by atoms with van der Waals surface area (Å²) in [5, 5.41) is 12.8. The van der Waals surface area contributed by atoms with Crippen LogP contribution in [0.4, 0.5) is 0 Å². The Morgan fingerprint density at radius 1 is 1.23 bits per heavy atom. The molecule has 2 aromatic heterocycles. The lowest BCUT2D eigenvalue weighted by molar-refractivity contribution is 0.0697. The van der Waals surface area contributed by atoms with Crippen LogP contribution in [-0.4, -0.2) is 25.2 Å². The monoisotopic (exact) mass is 344 g/mol. The minimum Gasteiger partial charge on any atom is -0.478 e. The van der Waals surface area contributed by atoms with Crippen molar-refractivity contribution in [3.63, 3.8) is 0 Å². The fourth-order valence-electron chi connectivity index (χ4n) is 2.93. The Kier molecular flexibility index (Phi) is 4.04. The third kappa shape index (κ3) is 2.98. The molecule has 26 heavy (non-hydrogen) atoms. The molecule has 0 bridgehead atoms. The van der Waals surface area contributed by atoms with Crippen LogP contribution in [0.3, 0.4) is 0 Å². The Labute approximate surface area is 150 Å². The van der Waals surface area contributed by atoms with E-state index in [0.29, 0.717) is 24.2 Å². The molecule has 0 unspecified atom stereocenters. The summed E-state index contributed by atoms with van der Waals surface area (Å²) < 4.78 is 3.76. The van der Waals surface area contributed by atoms with Gasteiger partial charge in [0.1, 0.15) is 5.82 Å². The number of fused-ring (bicyclic) bond motifs is 1. The quantitative estimate of drug-likeness (QED) is 0.717. The number of hydrogen-bond acceptors (Lipinski definition) is 3. The summed E-state index contributed by atoms with van der Waals surface area (Å²) in [4.78, 5) is 15.8. The normalized spacial score (nSPS) is 12.4. The fraction of sp³-hybridized carbons (Fsp3) is 0.100. The van der Waals surface area contributed by atoms with Crippen LogP contribution in [0.5, 0.6) is 0 Å². The Balaban J connectivity index is 1.65. The molecule has 1 aromatic carbocycles. The molecule has 0 amide bonds. The summed E-state index contributed by atoms with van der Waals surface area (Å²) in [6.07, 6.45) is 9.82. The van der Waals surface area contributed by atoms with E-state index in [2.05, 4.69) is 22.1 Å². The van der Waals surface area contributed by atoms with Crippen LogP contribution < -0.4 is 5.32 Å². The van der Waals surface area contributed by atoms with E-state index >= 15 is 0 Å². The number of rotatable bonds is 3. The molecule has 1 aliphatic rings. The van der Waals surface area contributed by atoms with Crippen molar-refractivity contribution in [3.05, 3.63) is 77.8 Å². The van der Waals surface area contributed by atoms with Crippen LogP contribution in [-0.2, 0) is 6.54 Å². The summed E-state index contributed by atoms with van der Waals surface area (Å²) in [5.41, 5.74) is 2.49. The van der Waals surface area contributed by atoms with E-state index in [1.165, 1.54) is 0 Å². The third-order valence-electron chi connectivity index (χ3n) is 4.15. The first-order valence-corrected chi connectivity index (χ1v) is 8.17. The van der Waals surface area contributed by atoms with Gasteiger partial charge in [-0.1, -0.05) is 17.9 Å². The van der Waals surface area contributed by atoms with Crippen molar-refractivity contribution in [2.75, 3.05) is 0 Å². The number of nitrogens with one attached hydrogen (secondary N) is 1. The molecule has 0 saturated carbocycles. The number of nitrogens with zero attached hydrogens (tertiary/aromatic N) is 3. The van der Waals surface area contributed by atoms with Gasteiger partial charge in [-0.15, -0.1) is 0 Å². The average Bonchev–Trinajstić information content (AvgIpc) is 3.32. The SMILES string of the molecule is O=C(O)c1cccc(C#CCC2=Cn3ccnc3CN2)c1-n1cccc1. The van der Waals surface area contributed by atoms with Crippen LogP contribution in [0.1, 0.15) is 28.2 Å². The maximum absolute atomic E-state index is 11.6. The summed E-state index contributed by atoms with van der Waals surface area (Å²) in [6.45, 7) is 0.670.